The molecular formula is C13H16N4O3. The minimum atomic E-state index is -0.534. The van der Waals surface area contributed by atoms with Gasteiger partial charge in [-0.2, -0.15) is 0 Å². The van der Waals surface area contributed by atoms with Gasteiger partial charge in [0.2, 0.25) is 0 Å². The van der Waals surface area contributed by atoms with Crippen molar-refractivity contribution in [2.75, 3.05) is 13.2 Å². The topological polar surface area (TPSA) is 79.1 Å². The Bertz CT molecular complexity index is 565. The van der Waals surface area contributed by atoms with Crippen molar-refractivity contribution in [2.24, 2.45) is 0 Å². The highest BCUT2D eigenvalue weighted by molar-refractivity contribution is 5.85. The highest BCUT2D eigenvalue weighted by Gasteiger charge is 2.16. The van der Waals surface area contributed by atoms with E-state index in [0.29, 0.717) is 13.2 Å². The molecule has 0 fully saturated rings. The van der Waals surface area contributed by atoms with E-state index in [1.54, 1.807) is 6.92 Å². The van der Waals surface area contributed by atoms with Gasteiger partial charge in [0.05, 0.1) is 13.2 Å². The number of hydrogen-bond acceptors (Lipinski definition) is 6. The second-order valence-electron chi connectivity index (χ2n) is 4.11. The van der Waals surface area contributed by atoms with Crippen LogP contribution >= 0.6 is 0 Å². The van der Waals surface area contributed by atoms with Crippen LogP contribution in [0.25, 0.3) is 0 Å². The van der Waals surface area contributed by atoms with E-state index in [1.165, 1.54) is 10.2 Å². The number of aryl methyl sites for hydroxylation is 1. The summed E-state index contributed by atoms with van der Waals surface area (Å²) in [6, 6.07) is 7.72. The fraction of sp³-hybridized carbons (Fsp3) is 0.385. The van der Waals surface area contributed by atoms with Crippen LogP contribution in [0.1, 0.15) is 23.1 Å². The van der Waals surface area contributed by atoms with Crippen molar-refractivity contribution in [1.29, 1.82) is 0 Å². The van der Waals surface area contributed by atoms with Gasteiger partial charge in [-0.3, -0.25) is 0 Å². The van der Waals surface area contributed by atoms with Crippen LogP contribution in [0, 0.1) is 6.92 Å². The minimum Gasteiger partial charge on any atom is -0.492 e. The third-order valence-corrected chi connectivity index (χ3v) is 2.58. The Morgan fingerprint density at radius 3 is 2.75 bits per heavy atom. The van der Waals surface area contributed by atoms with Crippen molar-refractivity contribution in [3.8, 4) is 5.75 Å². The summed E-state index contributed by atoms with van der Waals surface area (Å²) in [7, 11) is 0. The Hall–Kier alpha value is -2.44. The molecule has 1 heterocycles. The van der Waals surface area contributed by atoms with E-state index in [2.05, 4.69) is 15.5 Å². The van der Waals surface area contributed by atoms with E-state index >= 15 is 0 Å². The molecule has 1 aromatic heterocycles. The monoisotopic (exact) mass is 276 g/mol. The largest absolute Gasteiger partial charge is 0.492 e. The Morgan fingerprint density at radius 1 is 1.30 bits per heavy atom. The molecular weight excluding hydrogens is 260 g/mol. The fourth-order valence-corrected chi connectivity index (χ4v) is 1.58. The third-order valence-electron chi connectivity index (χ3n) is 2.58. The zero-order valence-electron chi connectivity index (χ0n) is 11.4. The molecule has 0 N–H and O–H groups in total. The van der Waals surface area contributed by atoms with Gasteiger partial charge in [-0.05, 0) is 36.4 Å². The summed E-state index contributed by atoms with van der Waals surface area (Å²) < 4.78 is 11.8. The standard InChI is InChI=1S/C13H16N4O3/c1-3-19-13(18)12-14-15-16-17(12)8-9-20-11-6-4-10(2)5-7-11/h4-7H,3,8-9H2,1-2H3. The second kappa shape index (κ2) is 6.65. The predicted octanol–water partition coefficient (Wildman–Crippen LogP) is 1.24. The molecule has 20 heavy (non-hydrogen) atoms. The Kier molecular flexibility index (Phi) is 4.65. The SMILES string of the molecule is CCOC(=O)c1nnnn1CCOc1ccc(C)cc1. The molecule has 0 bridgehead atoms. The quantitative estimate of drug-likeness (QED) is 0.738. The summed E-state index contributed by atoms with van der Waals surface area (Å²) in [6.45, 7) is 4.75. The van der Waals surface area contributed by atoms with Gasteiger partial charge in [-0.25, -0.2) is 9.48 Å². The molecule has 0 amide bonds. The molecule has 0 atom stereocenters. The fourth-order valence-electron chi connectivity index (χ4n) is 1.58. The van der Waals surface area contributed by atoms with Gasteiger partial charge in [0.15, 0.2) is 0 Å². The summed E-state index contributed by atoms with van der Waals surface area (Å²) in [5.41, 5.74) is 1.17. The summed E-state index contributed by atoms with van der Waals surface area (Å²) in [4.78, 5) is 11.6. The van der Waals surface area contributed by atoms with Gasteiger partial charge < -0.3 is 9.47 Å². The van der Waals surface area contributed by atoms with E-state index in [0.717, 1.165) is 5.75 Å². The van der Waals surface area contributed by atoms with Gasteiger partial charge in [0.25, 0.3) is 5.82 Å². The van der Waals surface area contributed by atoms with E-state index in [4.69, 9.17) is 9.47 Å². The number of benzene rings is 1. The molecule has 2 aromatic rings. The van der Waals surface area contributed by atoms with Gasteiger partial charge in [0.1, 0.15) is 12.4 Å². The molecule has 106 valence electrons. The molecule has 0 spiro atoms. The maximum atomic E-state index is 11.6. The number of carbonyl (C=O) groups excluding carboxylic acids is 1. The molecule has 0 aliphatic heterocycles. The molecule has 7 nitrogen and oxygen atoms in total. The number of nitrogens with zero attached hydrogens (tertiary/aromatic N) is 4. The van der Waals surface area contributed by atoms with Gasteiger partial charge >= 0.3 is 5.97 Å². The number of esters is 1. The Labute approximate surface area is 116 Å². The molecule has 7 heteroatoms. The van der Waals surface area contributed by atoms with Crippen molar-refractivity contribution in [1.82, 2.24) is 20.2 Å². The van der Waals surface area contributed by atoms with Crippen molar-refractivity contribution >= 4 is 5.97 Å². The predicted molar refractivity (Wildman–Crippen MR) is 70.4 cm³/mol. The van der Waals surface area contributed by atoms with Crippen LogP contribution in [-0.2, 0) is 11.3 Å². The number of aromatic nitrogens is 4. The number of rotatable bonds is 6. The smallest absolute Gasteiger partial charge is 0.378 e. The summed E-state index contributed by atoms with van der Waals surface area (Å²) in [5.74, 6) is 0.313. The van der Waals surface area contributed by atoms with E-state index in [9.17, 15) is 4.79 Å². The molecule has 0 radical (unpaired) electrons. The van der Waals surface area contributed by atoms with E-state index in [1.807, 2.05) is 31.2 Å². The summed E-state index contributed by atoms with van der Waals surface area (Å²) in [5, 5.41) is 10.9. The number of carbonyl (C=O) groups is 1. The average molecular weight is 276 g/mol. The van der Waals surface area contributed by atoms with Gasteiger partial charge in [0, 0.05) is 0 Å². The van der Waals surface area contributed by atoms with Crippen LogP contribution in [0.4, 0.5) is 0 Å². The van der Waals surface area contributed by atoms with Crippen molar-refractivity contribution in [3.05, 3.63) is 35.7 Å². The lowest BCUT2D eigenvalue weighted by Crippen LogP contribution is -2.17. The van der Waals surface area contributed by atoms with Crippen LogP contribution in [0.5, 0.6) is 5.75 Å². The maximum absolute atomic E-state index is 11.6. The first kappa shape index (κ1) is 14.0. The zero-order chi connectivity index (χ0) is 14.4. The second-order valence-corrected chi connectivity index (χ2v) is 4.11. The summed E-state index contributed by atoms with van der Waals surface area (Å²) >= 11 is 0. The Morgan fingerprint density at radius 2 is 2.05 bits per heavy atom. The maximum Gasteiger partial charge on any atom is 0.378 e. The molecule has 2 rings (SSSR count). The highest BCUT2D eigenvalue weighted by Crippen LogP contribution is 2.11. The molecule has 0 saturated carbocycles. The van der Waals surface area contributed by atoms with Gasteiger partial charge in [-0.1, -0.05) is 17.7 Å². The first-order valence-electron chi connectivity index (χ1n) is 6.33. The number of hydrogen-bond donors (Lipinski definition) is 0. The minimum absolute atomic E-state index is 0.0827. The van der Waals surface area contributed by atoms with Crippen molar-refractivity contribution in [3.63, 3.8) is 0 Å². The lowest BCUT2D eigenvalue weighted by atomic mass is 10.2. The van der Waals surface area contributed by atoms with Crippen molar-refractivity contribution < 1.29 is 14.3 Å². The van der Waals surface area contributed by atoms with Crippen LogP contribution in [-0.4, -0.2) is 39.4 Å². The van der Waals surface area contributed by atoms with E-state index in [-0.39, 0.29) is 12.4 Å². The number of ether oxygens (including phenoxy) is 2. The molecule has 0 unspecified atom stereocenters. The zero-order valence-corrected chi connectivity index (χ0v) is 11.4. The van der Waals surface area contributed by atoms with Crippen LogP contribution in [0.15, 0.2) is 24.3 Å². The average Bonchev–Trinajstić information content (AvgIpc) is 2.90. The van der Waals surface area contributed by atoms with E-state index < -0.39 is 5.97 Å². The number of tetrazole rings is 1. The summed E-state index contributed by atoms with van der Waals surface area (Å²) in [6.07, 6.45) is 0. The first-order chi connectivity index (χ1) is 9.70. The lowest BCUT2D eigenvalue weighted by Gasteiger charge is -2.07. The van der Waals surface area contributed by atoms with Crippen LogP contribution in [0.3, 0.4) is 0 Å². The normalized spacial score (nSPS) is 10.3. The van der Waals surface area contributed by atoms with Crippen molar-refractivity contribution in [2.45, 2.75) is 20.4 Å². The molecule has 0 aliphatic carbocycles. The molecule has 0 aliphatic rings. The molecule has 0 saturated heterocycles. The van der Waals surface area contributed by atoms with Crippen LogP contribution in [0.2, 0.25) is 0 Å². The van der Waals surface area contributed by atoms with Gasteiger partial charge in [-0.15, -0.1) is 5.10 Å². The highest BCUT2D eigenvalue weighted by atomic mass is 16.5. The first-order valence-corrected chi connectivity index (χ1v) is 6.33. The lowest BCUT2D eigenvalue weighted by molar-refractivity contribution is 0.0503. The third kappa shape index (κ3) is 3.53. The Balaban J connectivity index is 1.90. The van der Waals surface area contributed by atoms with Crippen LogP contribution < -0.4 is 4.74 Å². The molecule has 1 aromatic carbocycles.